The number of carbonyl (C=O) groups is 3. The second-order valence-electron chi connectivity index (χ2n) is 8.40. The third-order valence-electron chi connectivity index (χ3n) is 5.60. The van der Waals surface area contributed by atoms with Gasteiger partial charge in [-0.15, -0.1) is 0 Å². The summed E-state index contributed by atoms with van der Waals surface area (Å²) in [6, 6.07) is 16.0. The molecule has 0 saturated heterocycles. The Morgan fingerprint density at radius 3 is 2.21 bits per heavy atom. The number of rotatable bonds is 6. The lowest BCUT2D eigenvalue weighted by molar-refractivity contribution is -0.143. The molecule has 0 unspecified atom stereocenters. The Bertz CT molecular complexity index is 1200. The molecule has 4 rings (SSSR count). The highest BCUT2D eigenvalue weighted by molar-refractivity contribution is 6.03. The number of aromatic nitrogens is 2. The first-order chi connectivity index (χ1) is 15.7. The zero-order chi connectivity index (χ0) is 23.8. The average molecular weight is 448 g/mol. The molecule has 0 radical (unpaired) electrons. The lowest BCUT2D eigenvalue weighted by Crippen LogP contribution is -2.49. The zero-order valence-corrected chi connectivity index (χ0v) is 18.5. The predicted octanol–water partition coefficient (Wildman–Crippen LogP) is 3.37. The number of nitrogens with one attached hydrogen (secondary N) is 2. The summed E-state index contributed by atoms with van der Waals surface area (Å²) in [5, 5.41) is 18.3. The summed E-state index contributed by atoms with van der Waals surface area (Å²) in [6.45, 7) is 2.84. The van der Waals surface area contributed by atoms with Crippen molar-refractivity contribution >= 4 is 23.8 Å². The normalized spacial score (nSPS) is 12.6. The number of amides is 2. The number of fused-ring (bicyclic) bond motifs is 3. The second-order valence-corrected chi connectivity index (χ2v) is 8.40. The molecule has 1 aliphatic rings. The molecule has 2 aromatic carbocycles. The van der Waals surface area contributed by atoms with Crippen LogP contribution in [0.5, 0.6) is 0 Å². The van der Waals surface area contributed by atoms with Crippen molar-refractivity contribution in [2.75, 3.05) is 11.9 Å². The molecular formula is C24H24N4O5. The molecule has 3 aromatic rings. The maximum Gasteiger partial charge on any atom is 0.412 e. The third kappa shape index (κ3) is 4.30. The standard InChI is InChI=1S/C24H24N4O5/c1-24(2,22(30)31)26-21(29)18-12-28(3)27-20(18)25-23(32)33-13-19-16-10-6-4-8-14(16)15-9-5-7-11-17(15)19/h4-12,19H,13H2,1-3H3,(H,26,29)(H,30,31)(H,25,27,32). The molecule has 3 N–H and O–H groups in total. The molecule has 170 valence electrons. The van der Waals surface area contributed by atoms with Gasteiger partial charge in [0.15, 0.2) is 5.82 Å². The number of aryl methyl sites for hydroxylation is 1. The molecule has 1 aromatic heterocycles. The minimum absolute atomic E-state index is 0.0200. The molecule has 0 saturated carbocycles. The fourth-order valence-electron chi connectivity index (χ4n) is 3.88. The molecule has 2 amide bonds. The SMILES string of the molecule is Cn1cc(C(=O)NC(C)(C)C(=O)O)c(NC(=O)OCC2c3ccccc3-c3ccccc32)n1. The van der Waals surface area contributed by atoms with E-state index >= 15 is 0 Å². The van der Waals surface area contributed by atoms with Gasteiger partial charge in [-0.3, -0.25) is 14.8 Å². The van der Waals surface area contributed by atoms with Crippen LogP contribution in [0.2, 0.25) is 0 Å². The monoisotopic (exact) mass is 448 g/mol. The van der Waals surface area contributed by atoms with E-state index in [1.807, 2.05) is 48.5 Å². The van der Waals surface area contributed by atoms with E-state index in [0.29, 0.717) is 0 Å². The van der Waals surface area contributed by atoms with Crippen LogP contribution >= 0.6 is 0 Å². The van der Waals surface area contributed by atoms with Gasteiger partial charge in [-0.25, -0.2) is 9.59 Å². The van der Waals surface area contributed by atoms with Gasteiger partial charge < -0.3 is 15.2 Å². The fraction of sp³-hybridized carbons (Fsp3) is 0.250. The molecule has 1 heterocycles. The smallest absolute Gasteiger partial charge is 0.412 e. The first-order valence-electron chi connectivity index (χ1n) is 10.4. The van der Waals surface area contributed by atoms with Gasteiger partial charge in [0.2, 0.25) is 0 Å². The van der Waals surface area contributed by atoms with Crippen LogP contribution < -0.4 is 10.6 Å². The molecule has 0 fully saturated rings. The first kappa shape index (κ1) is 22.1. The van der Waals surface area contributed by atoms with E-state index in [4.69, 9.17) is 4.74 Å². The van der Waals surface area contributed by atoms with Crippen LogP contribution in [-0.4, -0.2) is 45.0 Å². The summed E-state index contributed by atoms with van der Waals surface area (Å²) in [4.78, 5) is 36.5. The number of carboxylic acids is 1. The van der Waals surface area contributed by atoms with Crippen molar-refractivity contribution in [3.05, 3.63) is 71.4 Å². The topological polar surface area (TPSA) is 123 Å². The Labute approximate surface area is 190 Å². The van der Waals surface area contributed by atoms with Gasteiger partial charge in [0, 0.05) is 19.2 Å². The van der Waals surface area contributed by atoms with Crippen LogP contribution in [0.4, 0.5) is 10.6 Å². The number of hydrogen-bond donors (Lipinski definition) is 3. The van der Waals surface area contributed by atoms with E-state index in [1.165, 1.54) is 24.7 Å². The van der Waals surface area contributed by atoms with Crippen molar-refractivity contribution in [2.24, 2.45) is 7.05 Å². The lowest BCUT2D eigenvalue weighted by Gasteiger charge is -2.20. The number of carbonyl (C=O) groups excluding carboxylic acids is 2. The van der Waals surface area contributed by atoms with Gasteiger partial charge in [-0.2, -0.15) is 5.10 Å². The van der Waals surface area contributed by atoms with E-state index in [-0.39, 0.29) is 23.9 Å². The quantitative estimate of drug-likeness (QED) is 0.531. The highest BCUT2D eigenvalue weighted by atomic mass is 16.5. The number of aliphatic carboxylic acids is 1. The Balaban J connectivity index is 1.47. The largest absolute Gasteiger partial charge is 0.480 e. The Hall–Kier alpha value is -4.14. The summed E-state index contributed by atoms with van der Waals surface area (Å²) in [5.74, 6) is -1.99. The van der Waals surface area contributed by atoms with Crippen molar-refractivity contribution in [2.45, 2.75) is 25.3 Å². The maximum atomic E-state index is 12.6. The predicted molar refractivity (Wildman–Crippen MR) is 121 cm³/mol. The molecule has 0 atom stereocenters. The molecule has 0 spiro atoms. The van der Waals surface area contributed by atoms with Gasteiger partial charge in [0.25, 0.3) is 5.91 Å². The number of benzene rings is 2. The molecule has 1 aliphatic carbocycles. The summed E-state index contributed by atoms with van der Waals surface area (Å²) >= 11 is 0. The molecule has 33 heavy (non-hydrogen) atoms. The molecule has 9 nitrogen and oxygen atoms in total. The molecule has 0 bridgehead atoms. The highest BCUT2D eigenvalue weighted by Crippen LogP contribution is 2.44. The summed E-state index contributed by atoms with van der Waals surface area (Å²) in [5.41, 5.74) is 2.94. The second kappa shape index (κ2) is 8.42. The Morgan fingerprint density at radius 1 is 1.06 bits per heavy atom. The zero-order valence-electron chi connectivity index (χ0n) is 18.5. The van der Waals surface area contributed by atoms with Crippen molar-refractivity contribution < 1.29 is 24.2 Å². The van der Waals surface area contributed by atoms with Crippen LogP contribution in [0.3, 0.4) is 0 Å². The van der Waals surface area contributed by atoms with Gasteiger partial charge >= 0.3 is 12.1 Å². The van der Waals surface area contributed by atoms with Crippen LogP contribution in [-0.2, 0) is 16.6 Å². The minimum atomic E-state index is -1.49. The third-order valence-corrected chi connectivity index (χ3v) is 5.60. The number of ether oxygens (including phenoxy) is 1. The van der Waals surface area contributed by atoms with E-state index in [0.717, 1.165) is 22.3 Å². The molecule has 0 aliphatic heterocycles. The van der Waals surface area contributed by atoms with Gasteiger partial charge in [0.05, 0.1) is 0 Å². The van der Waals surface area contributed by atoms with E-state index in [1.54, 1.807) is 7.05 Å². The summed E-state index contributed by atoms with van der Waals surface area (Å²) < 4.78 is 6.85. The molecule has 9 heteroatoms. The molecular weight excluding hydrogens is 424 g/mol. The maximum absolute atomic E-state index is 12.6. The van der Waals surface area contributed by atoms with Crippen molar-refractivity contribution in [1.29, 1.82) is 0 Å². The highest BCUT2D eigenvalue weighted by Gasteiger charge is 2.32. The number of hydrogen-bond acceptors (Lipinski definition) is 5. The number of nitrogens with zero attached hydrogens (tertiary/aromatic N) is 2. The van der Waals surface area contributed by atoms with Crippen molar-refractivity contribution in [3.63, 3.8) is 0 Å². The fourth-order valence-corrected chi connectivity index (χ4v) is 3.88. The van der Waals surface area contributed by atoms with Crippen LogP contribution in [0.25, 0.3) is 11.1 Å². The van der Waals surface area contributed by atoms with E-state index in [2.05, 4.69) is 15.7 Å². The Kier molecular flexibility index (Phi) is 5.63. The van der Waals surface area contributed by atoms with E-state index < -0.39 is 23.5 Å². The van der Waals surface area contributed by atoms with Crippen LogP contribution in [0.15, 0.2) is 54.7 Å². The number of anilines is 1. The van der Waals surface area contributed by atoms with Crippen LogP contribution in [0.1, 0.15) is 41.3 Å². The van der Waals surface area contributed by atoms with Crippen molar-refractivity contribution in [3.8, 4) is 11.1 Å². The van der Waals surface area contributed by atoms with Crippen LogP contribution in [0, 0.1) is 0 Å². The Morgan fingerprint density at radius 2 is 1.64 bits per heavy atom. The van der Waals surface area contributed by atoms with E-state index in [9.17, 15) is 19.5 Å². The van der Waals surface area contributed by atoms with Gasteiger partial charge in [-0.1, -0.05) is 48.5 Å². The minimum Gasteiger partial charge on any atom is -0.480 e. The summed E-state index contributed by atoms with van der Waals surface area (Å²) in [7, 11) is 1.59. The average Bonchev–Trinajstić information content (AvgIpc) is 3.29. The van der Waals surface area contributed by atoms with Crippen molar-refractivity contribution in [1.82, 2.24) is 15.1 Å². The van der Waals surface area contributed by atoms with Gasteiger partial charge in [0.1, 0.15) is 17.7 Å². The number of carboxylic acid groups (broad SMARTS) is 1. The first-order valence-corrected chi connectivity index (χ1v) is 10.4. The lowest BCUT2D eigenvalue weighted by atomic mass is 9.98. The summed E-state index contributed by atoms with van der Waals surface area (Å²) in [6.07, 6.45) is 0.633. The van der Waals surface area contributed by atoms with Gasteiger partial charge in [-0.05, 0) is 36.1 Å².